The number of nitrogens with two attached hydrogens (primary N) is 2. The van der Waals surface area contributed by atoms with Gasteiger partial charge in [0.1, 0.15) is 0 Å². The van der Waals surface area contributed by atoms with Crippen molar-refractivity contribution in [3.05, 3.63) is 64.7 Å². The number of nitrogen functional groups attached to an aromatic ring is 1. The van der Waals surface area contributed by atoms with Gasteiger partial charge in [-0.2, -0.15) is 0 Å². The fourth-order valence-corrected chi connectivity index (χ4v) is 2.02. The van der Waals surface area contributed by atoms with Crippen LogP contribution in [0.3, 0.4) is 0 Å². The van der Waals surface area contributed by atoms with Crippen LogP contribution in [-0.2, 0) is 0 Å². The van der Waals surface area contributed by atoms with Gasteiger partial charge in [0, 0.05) is 10.7 Å². The first-order chi connectivity index (χ1) is 8.22. The minimum Gasteiger partial charge on any atom is -0.398 e. The van der Waals surface area contributed by atoms with Gasteiger partial charge < -0.3 is 5.73 Å². The van der Waals surface area contributed by atoms with Crippen molar-refractivity contribution in [2.24, 2.45) is 5.84 Å². The van der Waals surface area contributed by atoms with Crippen molar-refractivity contribution < 1.29 is 0 Å². The average Bonchev–Trinajstić information content (AvgIpc) is 2.33. The van der Waals surface area contributed by atoms with Crippen LogP contribution in [-0.4, -0.2) is 0 Å². The molecule has 1 unspecified atom stereocenters. The summed E-state index contributed by atoms with van der Waals surface area (Å²) in [6.45, 7) is 0. The smallest absolute Gasteiger partial charge is 0.0730 e. The minimum atomic E-state index is -0.158. The maximum atomic E-state index is 5.97. The second kappa shape index (κ2) is 5.19. The lowest BCUT2D eigenvalue weighted by Gasteiger charge is -2.18. The number of rotatable bonds is 3. The van der Waals surface area contributed by atoms with Gasteiger partial charge in [0.15, 0.2) is 0 Å². The van der Waals surface area contributed by atoms with Gasteiger partial charge in [0.25, 0.3) is 0 Å². The first kappa shape index (κ1) is 11.9. The zero-order valence-electron chi connectivity index (χ0n) is 9.23. The molecular formula is C13H14ClN3. The topological polar surface area (TPSA) is 64.1 Å². The third kappa shape index (κ3) is 2.58. The molecule has 0 spiro atoms. The summed E-state index contributed by atoms with van der Waals surface area (Å²) in [7, 11) is 0. The highest BCUT2D eigenvalue weighted by molar-refractivity contribution is 6.30. The summed E-state index contributed by atoms with van der Waals surface area (Å²) >= 11 is 5.97. The van der Waals surface area contributed by atoms with Crippen LogP contribution >= 0.6 is 11.6 Å². The second-order valence-corrected chi connectivity index (χ2v) is 4.22. The highest BCUT2D eigenvalue weighted by atomic mass is 35.5. The molecule has 2 aromatic carbocycles. The monoisotopic (exact) mass is 247 g/mol. The lowest BCUT2D eigenvalue weighted by Crippen LogP contribution is -2.29. The van der Waals surface area contributed by atoms with Crippen LogP contribution in [0.25, 0.3) is 0 Å². The van der Waals surface area contributed by atoms with Crippen molar-refractivity contribution >= 4 is 17.3 Å². The Kier molecular flexibility index (Phi) is 3.64. The molecule has 0 fully saturated rings. The van der Waals surface area contributed by atoms with Gasteiger partial charge in [-0.05, 0) is 29.3 Å². The van der Waals surface area contributed by atoms with Crippen molar-refractivity contribution in [2.45, 2.75) is 6.04 Å². The Balaban J connectivity index is 2.44. The number of hydrogen-bond donors (Lipinski definition) is 3. The van der Waals surface area contributed by atoms with Crippen molar-refractivity contribution in [3.8, 4) is 0 Å². The first-order valence-electron chi connectivity index (χ1n) is 5.28. The van der Waals surface area contributed by atoms with Gasteiger partial charge in [-0.3, -0.25) is 5.84 Å². The van der Waals surface area contributed by atoms with E-state index in [-0.39, 0.29) is 6.04 Å². The molecule has 0 saturated heterocycles. The van der Waals surface area contributed by atoms with Crippen molar-refractivity contribution in [1.29, 1.82) is 0 Å². The Bertz CT molecular complexity index is 514. The zero-order chi connectivity index (χ0) is 12.3. The highest BCUT2D eigenvalue weighted by Crippen LogP contribution is 2.27. The fraction of sp³-hybridized carbons (Fsp3) is 0.0769. The van der Waals surface area contributed by atoms with Gasteiger partial charge in [-0.25, -0.2) is 5.43 Å². The van der Waals surface area contributed by atoms with Crippen LogP contribution in [0.2, 0.25) is 5.02 Å². The summed E-state index contributed by atoms with van der Waals surface area (Å²) in [6, 6.07) is 15.0. The van der Waals surface area contributed by atoms with Gasteiger partial charge in [-0.1, -0.05) is 41.9 Å². The van der Waals surface area contributed by atoms with E-state index in [1.54, 1.807) is 0 Å². The van der Waals surface area contributed by atoms with Crippen molar-refractivity contribution in [1.82, 2.24) is 5.43 Å². The van der Waals surface area contributed by atoms with E-state index in [1.807, 2.05) is 48.5 Å². The van der Waals surface area contributed by atoms with Crippen LogP contribution < -0.4 is 17.0 Å². The number of para-hydroxylation sites is 1. The van der Waals surface area contributed by atoms with E-state index in [4.69, 9.17) is 23.2 Å². The molecule has 0 radical (unpaired) electrons. The van der Waals surface area contributed by atoms with Crippen LogP contribution in [0.15, 0.2) is 48.5 Å². The quantitative estimate of drug-likeness (QED) is 0.444. The molecule has 0 aliphatic heterocycles. The maximum absolute atomic E-state index is 5.97. The predicted octanol–water partition coefficient (Wildman–Crippen LogP) is 2.47. The molecule has 0 heterocycles. The molecule has 0 saturated carbocycles. The maximum Gasteiger partial charge on any atom is 0.0730 e. The molecule has 0 amide bonds. The molecule has 0 aliphatic rings. The number of anilines is 1. The molecular weight excluding hydrogens is 234 g/mol. The van der Waals surface area contributed by atoms with E-state index in [0.717, 1.165) is 11.1 Å². The van der Waals surface area contributed by atoms with Gasteiger partial charge in [0.05, 0.1) is 6.04 Å². The molecule has 17 heavy (non-hydrogen) atoms. The summed E-state index contributed by atoms with van der Waals surface area (Å²) in [5.41, 5.74) is 11.3. The third-order valence-corrected chi connectivity index (χ3v) is 2.89. The number of hydrogen-bond acceptors (Lipinski definition) is 3. The normalized spacial score (nSPS) is 12.4. The molecule has 2 aromatic rings. The molecule has 2 rings (SSSR count). The van der Waals surface area contributed by atoms with E-state index in [2.05, 4.69) is 5.43 Å². The van der Waals surface area contributed by atoms with Gasteiger partial charge in [0.2, 0.25) is 0 Å². The van der Waals surface area contributed by atoms with E-state index in [9.17, 15) is 0 Å². The largest absolute Gasteiger partial charge is 0.398 e. The Hall–Kier alpha value is -1.55. The Labute approximate surface area is 105 Å². The molecule has 3 nitrogen and oxygen atoms in total. The van der Waals surface area contributed by atoms with Gasteiger partial charge >= 0.3 is 0 Å². The van der Waals surface area contributed by atoms with Crippen LogP contribution in [0.5, 0.6) is 0 Å². The number of halogens is 1. The van der Waals surface area contributed by atoms with Crippen LogP contribution in [0, 0.1) is 0 Å². The number of hydrazine groups is 1. The fourth-order valence-electron chi connectivity index (χ4n) is 1.83. The summed E-state index contributed by atoms with van der Waals surface area (Å²) in [6.07, 6.45) is 0. The summed E-state index contributed by atoms with van der Waals surface area (Å²) in [5.74, 6) is 5.61. The summed E-state index contributed by atoms with van der Waals surface area (Å²) < 4.78 is 0. The standard InChI is InChI=1S/C13H14ClN3/c14-10-5-3-4-9(8-10)13(17-16)11-6-1-2-7-12(11)15/h1-8,13,17H,15-16H2. The Morgan fingerprint density at radius 1 is 1.06 bits per heavy atom. The molecule has 1 atom stereocenters. The molecule has 4 heteroatoms. The highest BCUT2D eigenvalue weighted by Gasteiger charge is 2.14. The van der Waals surface area contributed by atoms with E-state index >= 15 is 0 Å². The molecule has 0 bridgehead atoms. The third-order valence-electron chi connectivity index (χ3n) is 2.66. The Morgan fingerprint density at radius 2 is 1.82 bits per heavy atom. The molecule has 0 aromatic heterocycles. The zero-order valence-corrected chi connectivity index (χ0v) is 9.98. The predicted molar refractivity (Wildman–Crippen MR) is 71.5 cm³/mol. The van der Waals surface area contributed by atoms with Crippen molar-refractivity contribution in [3.63, 3.8) is 0 Å². The van der Waals surface area contributed by atoms with Crippen LogP contribution in [0.1, 0.15) is 17.2 Å². The Morgan fingerprint density at radius 3 is 2.47 bits per heavy atom. The lowest BCUT2D eigenvalue weighted by atomic mass is 9.98. The average molecular weight is 248 g/mol. The summed E-state index contributed by atoms with van der Waals surface area (Å²) in [4.78, 5) is 0. The molecule has 88 valence electrons. The van der Waals surface area contributed by atoms with Gasteiger partial charge in [-0.15, -0.1) is 0 Å². The van der Waals surface area contributed by atoms with E-state index in [0.29, 0.717) is 10.7 Å². The lowest BCUT2D eigenvalue weighted by molar-refractivity contribution is 0.638. The van der Waals surface area contributed by atoms with E-state index in [1.165, 1.54) is 0 Å². The SMILES string of the molecule is NNC(c1cccc(Cl)c1)c1ccccc1N. The first-order valence-corrected chi connectivity index (χ1v) is 5.66. The number of nitrogens with one attached hydrogen (secondary N) is 1. The number of benzene rings is 2. The minimum absolute atomic E-state index is 0.158. The molecule has 5 N–H and O–H groups in total. The van der Waals surface area contributed by atoms with E-state index < -0.39 is 0 Å². The summed E-state index contributed by atoms with van der Waals surface area (Å²) in [5, 5.41) is 0.678. The van der Waals surface area contributed by atoms with Crippen LogP contribution in [0.4, 0.5) is 5.69 Å². The second-order valence-electron chi connectivity index (χ2n) is 3.78. The van der Waals surface area contributed by atoms with Crippen molar-refractivity contribution in [2.75, 3.05) is 5.73 Å². The molecule has 0 aliphatic carbocycles.